The largest absolute Gasteiger partial charge is 0.466 e. The van der Waals surface area contributed by atoms with Gasteiger partial charge in [0.2, 0.25) is 5.91 Å². The van der Waals surface area contributed by atoms with Crippen LogP contribution in [0.5, 0.6) is 0 Å². The highest BCUT2D eigenvalue weighted by molar-refractivity contribution is 7.16. The maximum absolute atomic E-state index is 12.0. The summed E-state index contributed by atoms with van der Waals surface area (Å²) in [5, 5.41) is 14.1. The summed E-state index contributed by atoms with van der Waals surface area (Å²) in [6.45, 7) is 5.87. The Balaban J connectivity index is 1.71. The zero-order chi connectivity index (χ0) is 23.1. The Morgan fingerprint density at radius 2 is 1.97 bits per heavy atom. The summed E-state index contributed by atoms with van der Waals surface area (Å²) >= 11 is 1.42. The van der Waals surface area contributed by atoms with Crippen LogP contribution in [0.25, 0.3) is 12.2 Å². The molecule has 32 heavy (non-hydrogen) atoms. The highest BCUT2D eigenvalue weighted by atomic mass is 32.1. The topological polar surface area (TPSA) is 115 Å². The number of esters is 1. The predicted molar refractivity (Wildman–Crippen MR) is 123 cm³/mol. The van der Waals surface area contributed by atoms with Gasteiger partial charge in [-0.3, -0.25) is 24.6 Å². The summed E-state index contributed by atoms with van der Waals surface area (Å²) in [4.78, 5) is 41.6. The number of rotatable bonds is 8. The molecule has 1 aliphatic heterocycles. The molecule has 0 saturated carbocycles. The molecule has 1 fully saturated rings. The number of non-ortho nitro benzene ring substituents is 1. The number of likely N-dealkylation sites (tertiary alicyclic amines) is 1. The lowest BCUT2D eigenvalue weighted by Crippen LogP contribution is -2.36. The Labute approximate surface area is 190 Å². The first-order chi connectivity index (χ1) is 15.4. The first kappa shape index (κ1) is 23.6. The number of aromatic nitrogens is 1. The molecule has 2 aromatic rings. The second kappa shape index (κ2) is 11.0. The van der Waals surface area contributed by atoms with E-state index in [1.165, 1.54) is 30.4 Å². The molecule has 1 aromatic heterocycles. The third-order valence-electron chi connectivity index (χ3n) is 5.12. The van der Waals surface area contributed by atoms with Gasteiger partial charge in [-0.05, 0) is 56.6 Å². The lowest BCUT2D eigenvalue weighted by molar-refractivity contribution is -0.384. The fourth-order valence-electron chi connectivity index (χ4n) is 3.48. The maximum atomic E-state index is 12.0. The van der Waals surface area contributed by atoms with Gasteiger partial charge in [0.05, 0.1) is 23.1 Å². The molecule has 0 spiro atoms. The molecule has 1 aromatic carbocycles. The lowest BCUT2D eigenvalue weighted by atomic mass is 9.97. The number of nitro benzene ring substituents is 1. The van der Waals surface area contributed by atoms with Gasteiger partial charge in [-0.1, -0.05) is 17.4 Å². The number of carbonyl (C=O) groups excluding carboxylic acids is 2. The van der Waals surface area contributed by atoms with Gasteiger partial charge in [-0.2, -0.15) is 0 Å². The summed E-state index contributed by atoms with van der Waals surface area (Å²) < 4.78 is 5.14. The highest BCUT2D eigenvalue weighted by Crippen LogP contribution is 2.28. The highest BCUT2D eigenvalue weighted by Gasteiger charge is 2.26. The van der Waals surface area contributed by atoms with Crippen molar-refractivity contribution in [1.82, 2.24) is 9.88 Å². The quantitative estimate of drug-likeness (QED) is 0.362. The van der Waals surface area contributed by atoms with Crippen molar-refractivity contribution in [2.75, 3.05) is 25.0 Å². The zero-order valence-corrected chi connectivity index (χ0v) is 18.9. The van der Waals surface area contributed by atoms with E-state index in [4.69, 9.17) is 4.74 Å². The Kier molecular flexibility index (Phi) is 8.07. The van der Waals surface area contributed by atoms with E-state index < -0.39 is 4.92 Å². The number of nitrogens with zero attached hydrogens (tertiary/aromatic N) is 3. The Bertz CT molecular complexity index is 994. The van der Waals surface area contributed by atoms with Crippen molar-refractivity contribution in [1.29, 1.82) is 0 Å². The number of carbonyl (C=O) groups is 2. The van der Waals surface area contributed by atoms with Crippen LogP contribution in [0.1, 0.15) is 42.8 Å². The van der Waals surface area contributed by atoms with Crippen LogP contribution in [-0.4, -0.2) is 46.4 Å². The second-order valence-electron chi connectivity index (χ2n) is 7.49. The smallest absolute Gasteiger partial charge is 0.309 e. The number of hydrogen-bond donors (Lipinski definition) is 1. The van der Waals surface area contributed by atoms with E-state index in [1.54, 1.807) is 12.1 Å². The van der Waals surface area contributed by atoms with Crippen molar-refractivity contribution in [2.24, 2.45) is 5.92 Å². The monoisotopic (exact) mass is 458 g/mol. The van der Waals surface area contributed by atoms with Crippen LogP contribution in [-0.2, 0) is 20.9 Å². The number of benzene rings is 1. The van der Waals surface area contributed by atoms with Crippen molar-refractivity contribution in [3.63, 3.8) is 0 Å². The molecule has 3 rings (SSSR count). The Hall–Kier alpha value is -3.11. The first-order valence-electron chi connectivity index (χ1n) is 10.4. The summed E-state index contributed by atoms with van der Waals surface area (Å²) in [6.07, 6.45) is 5.20. The van der Waals surface area contributed by atoms with Crippen LogP contribution in [0.15, 0.2) is 24.3 Å². The minimum absolute atomic E-state index is 0.0377. The van der Waals surface area contributed by atoms with Crippen molar-refractivity contribution in [3.05, 3.63) is 50.5 Å². The van der Waals surface area contributed by atoms with Gasteiger partial charge in [0.15, 0.2) is 5.13 Å². The molecule has 0 aliphatic carbocycles. The van der Waals surface area contributed by atoms with E-state index in [0.717, 1.165) is 42.1 Å². The molecule has 10 heteroatoms. The average molecular weight is 459 g/mol. The van der Waals surface area contributed by atoms with Gasteiger partial charge in [0, 0.05) is 30.5 Å². The first-order valence-corrected chi connectivity index (χ1v) is 11.3. The van der Waals surface area contributed by atoms with Gasteiger partial charge in [0.25, 0.3) is 5.69 Å². The van der Waals surface area contributed by atoms with Crippen molar-refractivity contribution in [3.8, 4) is 0 Å². The zero-order valence-electron chi connectivity index (χ0n) is 18.1. The number of ether oxygens (including phenoxy) is 1. The lowest BCUT2D eigenvalue weighted by Gasteiger charge is -2.30. The number of piperidine rings is 1. The van der Waals surface area contributed by atoms with Gasteiger partial charge >= 0.3 is 5.97 Å². The van der Waals surface area contributed by atoms with E-state index in [1.807, 2.05) is 19.1 Å². The standard InChI is InChI=1S/C22H26N4O5S/c1-3-31-21(28)17-10-12-25(13-11-17)14-20-19(24-22(32-20)23-15(2)27)9-6-16-4-7-18(8-5-16)26(29)30/h4-9,17H,3,10-14H2,1-2H3,(H,23,24,27)/b9-6-. The third kappa shape index (κ3) is 6.44. The van der Waals surface area contributed by atoms with E-state index in [0.29, 0.717) is 18.3 Å². The molecule has 1 saturated heterocycles. The minimum Gasteiger partial charge on any atom is -0.466 e. The fourth-order valence-corrected chi connectivity index (χ4v) is 4.52. The van der Waals surface area contributed by atoms with Crippen LogP contribution in [0.2, 0.25) is 0 Å². The number of nitrogens with one attached hydrogen (secondary N) is 1. The van der Waals surface area contributed by atoms with E-state index in [-0.39, 0.29) is 23.5 Å². The van der Waals surface area contributed by atoms with E-state index in [2.05, 4.69) is 15.2 Å². The summed E-state index contributed by atoms with van der Waals surface area (Å²) in [7, 11) is 0. The van der Waals surface area contributed by atoms with Gasteiger partial charge in [0.1, 0.15) is 0 Å². The van der Waals surface area contributed by atoms with Gasteiger partial charge in [-0.25, -0.2) is 4.98 Å². The molecule has 0 unspecified atom stereocenters. The second-order valence-corrected chi connectivity index (χ2v) is 8.58. The predicted octanol–water partition coefficient (Wildman–Crippen LogP) is 3.96. The van der Waals surface area contributed by atoms with E-state index >= 15 is 0 Å². The number of hydrogen-bond acceptors (Lipinski definition) is 8. The normalized spacial score (nSPS) is 15.1. The summed E-state index contributed by atoms with van der Waals surface area (Å²) in [5.41, 5.74) is 1.59. The average Bonchev–Trinajstić information content (AvgIpc) is 3.13. The van der Waals surface area contributed by atoms with Crippen LogP contribution < -0.4 is 5.32 Å². The molecule has 1 N–H and O–H groups in total. The van der Waals surface area contributed by atoms with Crippen LogP contribution in [0, 0.1) is 16.0 Å². The molecule has 0 radical (unpaired) electrons. The molecule has 2 heterocycles. The van der Waals surface area contributed by atoms with Crippen molar-refractivity contribution in [2.45, 2.75) is 33.2 Å². The SMILES string of the molecule is CCOC(=O)C1CCN(Cc2sc(NC(C)=O)nc2/C=C\c2ccc([N+](=O)[O-])cc2)CC1. The van der Waals surface area contributed by atoms with Crippen molar-refractivity contribution >= 4 is 46.2 Å². The van der Waals surface area contributed by atoms with Crippen LogP contribution in [0.4, 0.5) is 10.8 Å². The Morgan fingerprint density at radius 1 is 1.28 bits per heavy atom. The molecule has 170 valence electrons. The summed E-state index contributed by atoms with van der Waals surface area (Å²) in [5.74, 6) is -0.361. The van der Waals surface area contributed by atoms with Gasteiger partial charge < -0.3 is 10.1 Å². The molecule has 0 atom stereocenters. The molecule has 0 bridgehead atoms. The molecular weight excluding hydrogens is 432 g/mol. The van der Waals surface area contributed by atoms with Gasteiger partial charge in [-0.15, -0.1) is 0 Å². The molecule has 1 aliphatic rings. The number of nitro groups is 1. The van der Waals surface area contributed by atoms with Crippen LogP contribution in [0.3, 0.4) is 0 Å². The van der Waals surface area contributed by atoms with Crippen molar-refractivity contribution < 1.29 is 19.2 Å². The summed E-state index contributed by atoms with van der Waals surface area (Å²) in [6, 6.07) is 6.27. The minimum atomic E-state index is -0.434. The number of amides is 1. The Morgan fingerprint density at radius 3 is 2.56 bits per heavy atom. The third-order valence-corrected chi connectivity index (χ3v) is 6.09. The molecule has 1 amide bonds. The van der Waals surface area contributed by atoms with E-state index in [9.17, 15) is 19.7 Å². The number of anilines is 1. The van der Waals surface area contributed by atoms with Crippen LogP contribution >= 0.6 is 11.3 Å². The number of thiazole rings is 1. The molecule has 9 nitrogen and oxygen atoms in total. The fraction of sp³-hybridized carbons (Fsp3) is 0.409. The maximum Gasteiger partial charge on any atom is 0.309 e. The molecular formula is C22H26N4O5S.